The zero-order valence-corrected chi connectivity index (χ0v) is 11.0. The predicted molar refractivity (Wildman–Crippen MR) is 70.3 cm³/mol. The van der Waals surface area contributed by atoms with E-state index in [0.717, 1.165) is 4.68 Å². The molecule has 0 aliphatic rings. The van der Waals surface area contributed by atoms with Gasteiger partial charge in [-0.1, -0.05) is 5.21 Å². The molecule has 0 radical (unpaired) electrons. The monoisotopic (exact) mass is 272 g/mol. The van der Waals surface area contributed by atoms with Gasteiger partial charge in [0.15, 0.2) is 11.4 Å². The molecule has 0 aromatic carbocycles. The van der Waals surface area contributed by atoms with Gasteiger partial charge >= 0.3 is 0 Å². The minimum Gasteiger partial charge on any atom is -0.357 e. The summed E-state index contributed by atoms with van der Waals surface area (Å²) in [5.41, 5.74) is 0.568. The molecule has 0 bridgehead atoms. The normalized spacial score (nSPS) is 11.1. The number of hydrogen-bond acceptors (Lipinski definition) is 5. The molecule has 0 fully saturated rings. The largest absolute Gasteiger partial charge is 0.357 e. The van der Waals surface area contributed by atoms with Crippen molar-refractivity contribution in [2.45, 2.75) is 6.54 Å². The van der Waals surface area contributed by atoms with Crippen molar-refractivity contribution in [2.75, 3.05) is 0 Å². The summed E-state index contributed by atoms with van der Waals surface area (Å²) in [6.07, 6.45) is 4.89. The van der Waals surface area contributed by atoms with E-state index in [1.165, 1.54) is 10.9 Å². The van der Waals surface area contributed by atoms with E-state index in [1.54, 1.807) is 30.1 Å². The number of carbonyl (C=O) groups is 1. The van der Waals surface area contributed by atoms with Crippen molar-refractivity contribution < 1.29 is 4.79 Å². The third-order valence-corrected chi connectivity index (χ3v) is 3.07. The van der Waals surface area contributed by atoms with Crippen LogP contribution in [0.5, 0.6) is 0 Å². The van der Waals surface area contributed by atoms with Crippen molar-refractivity contribution in [3.8, 4) is 0 Å². The topological polar surface area (TPSA) is 87.6 Å². The maximum Gasteiger partial charge on any atom is 0.281 e. The second-order valence-corrected chi connectivity index (χ2v) is 4.55. The lowest BCUT2D eigenvalue weighted by Gasteiger charge is -2.01. The van der Waals surface area contributed by atoms with Gasteiger partial charge in [-0.3, -0.25) is 9.59 Å². The number of Topliss-reactive ketones (excluding diaryl/α,β-unsaturated/α-hetero) is 1. The van der Waals surface area contributed by atoms with Crippen molar-refractivity contribution in [2.24, 2.45) is 14.1 Å². The average Bonchev–Trinajstić information content (AvgIpc) is 3.00. The summed E-state index contributed by atoms with van der Waals surface area (Å²) in [6.45, 7) is -0.138. The third-order valence-electron chi connectivity index (χ3n) is 3.07. The van der Waals surface area contributed by atoms with Crippen LogP contribution in [0.2, 0.25) is 0 Å². The number of carbonyl (C=O) groups excluding carboxylic acids is 1. The number of aryl methyl sites for hydroxylation is 2. The van der Waals surface area contributed by atoms with E-state index in [0.29, 0.717) is 16.6 Å². The van der Waals surface area contributed by atoms with Crippen LogP contribution < -0.4 is 5.56 Å². The van der Waals surface area contributed by atoms with E-state index in [2.05, 4.69) is 15.4 Å². The van der Waals surface area contributed by atoms with Crippen LogP contribution in [0.1, 0.15) is 10.4 Å². The lowest BCUT2D eigenvalue weighted by atomic mass is 10.2. The minimum absolute atomic E-state index is 0.138. The molecule has 0 N–H and O–H groups in total. The second kappa shape index (κ2) is 4.41. The van der Waals surface area contributed by atoms with Crippen molar-refractivity contribution in [1.29, 1.82) is 0 Å². The molecule has 8 heteroatoms. The Labute approximate surface area is 113 Å². The van der Waals surface area contributed by atoms with Gasteiger partial charge in [0.1, 0.15) is 11.9 Å². The zero-order chi connectivity index (χ0) is 14.3. The first-order chi connectivity index (χ1) is 9.56. The molecule has 0 saturated carbocycles. The highest BCUT2D eigenvalue weighted by atomic mass is 16.1. The Balaban J connectivity index is 1.97. The Morgan fingerprint density at radius 1 is 1.35 bits per heavy atom. The molecule has 3 aromatic heterocycles. The van der Waals surface area contributed by atoms with Crippen LogP contribution in [-0.4, -0.2) is 35.1 Å². The number of hydrogen-bond donors (Lipinski definition) is 0. The van der Waals surface area contributed by atoms with Crippen LogP contribution >= 0.6 is 0 Å². The highest BCUT2D eigenvalue weighted by molar-refractivity contribution is 5.95. The van der Waals surface area contributed by atoms with Gasteiger partial charge in [0.2, 0.25) is 0 Å². The highest BCUT2D eigenvalue weighted by Gasteiger charge is 2.13. The van der Waals surface area contributed by atoms with E-state index in [-0.39, 0.29) is 17.9 Å². The average molecular weight is 272 g/mol. The number of aromatic nitrogens is 6. The Bertz CT molecular complexity index is 856. The number of fused-ring (bicyclic) bond motifs is 1. The van der Waals surface area contributed by atoms with Gasteiger partial charge in [-0.2, -0.15) is 5.10 Å². The highest BCUT2D eigenvalue weighted by Crippen LogP contribution is 2.04. The second-order valence-electron chi connectivity index (χ2n) is 4.55. The van der Waals surface area contributed by atoms with Crippen LogP contribution in [0.3, 0.4) is 0 Å². The molecule has 3 heterocycles. The van der Waals surface area contributed by atoms with E-state index in [9.17, 15) is 9.59 Å². The van der Waals surface area contributed by atoms with Crippen molar-refractivity contribution in [3.63, 3.8) is 0 Å². The fourth-order valence-corrected chi connectivity index (χ4v) is 1.98. The van der Waals surface area contributed by atoms with E-state index < -0.39 is 0 Å². The first-order valence-electron chi connectivity index (χ1n) is 5.97. The number of rotatable bonds is 3. The molecule has 3 aromatic rings. The number of ketones is 1. The van der Waals surface area contributed by atoms with E-state index in [4.69, 9.17) is 0 Å². The molecular formula is C12H12N6O2. The van der Waals surface area contributed by atoms with Crippen molar-refractivity contribution in [3.05, 3.63) is 40.6 Å². The van der Waals surface area contributed by atoms with Crippen LogP contribution in [0, 0.1) is 0 Å². The van der Waals surface area contributed by atoms with Crippen LogP contribution in [0.4, 0.5) is 0 Å². The van der Waals surface area contributed by atoms with Crippen molar-refractivity contribution >= 4 is 16.8 Å². The Kier molecular flexibility index (Phi) is 2.70. The molecule has 0 unspecified atom stereocenters. The Morgan fingerprint density at radius 3 is 2.85 bits per heavy atom. The Morgan fingerprint density at radius 2 is 2.15 bits per heavy atom. The van der Waals surface area contributed by atoms with Gasteiger partial charge in [-0.25, -0.2) is 9.36 Å². The summed E-state index contributed by atoms with van der Waals surface area (Å²) in [5.74, 6) is -0.190. The standard InChI is InChI=1S/C12H12N6O2/c1-16-4-3-8(6-16)10(19)7-18-12(20)9-5-13-17(2)11(9)14-15-18/h3-6H,7H2,1-2H3. The van der Waals surface area contributed by atoms with E-state index >= 15 is 0 Å². The summed E-state index contributed by atoms with van der Waals surface area (Å²) < 4.78 is 4.29. The fraction of sp³-hybridized carbons (Fsp3) is 0.250. The maximum absolute atomic E-state index is 12.2. The fourth-order valence-electron chi connectivity index (χ4n) is 1.98. The number of nitrogens with zero attached hydrogens (tertiary/aromatic N) is 6. The summed E-state index contributed by atoms with van der Waals surface area (Å²) in [7, 11) is 3.50. The molecule has 102 valence electrons. The minimum atomic E-state index is -0.368. The summed E-state index contributed by atoms with van der Waals surface area (Å²) in [4.78, 5) is 24.2. The molecule has 0 spiro atoms. The quantitative estimate of drug-likeness (QED) is 0.613. The third kappa shape index (κ3) is 1.91. The van der Waals surface area contributed by atoms with Gasteiger partial charge in [-0.15, -0.1) is 5.10 Å². The van der Waals surface area contributed by atoms with Crippen LogP contribution in [0.25, 0.3) is 11.0 Å². The molecule has 3 rings (SSSR count). The summed E-state index contributed by atoms with van der Waals surface area (Å²) >= 11 is 0. The van der Waals surface area contributed by atoms with Gasteiger partial charge in [0.25, 0.3) is 5.56 Å². The van der Waals surface area contributed by atoms with Gasteiger partial charge < -0.3 is 4.57 Å². The molecular weight excluding hydrogens is 260 g/mol. The molecule has 0 aliphatic heterocycles. The molecule has 8 nitrogen and oxygen atoms in total. The van der Waals surface area contributed by atoms with Gasteiger partial charge in [-0.05, 0) is 6.07 Å². The molecule has 0 saturated heterocycles. The predicted octanol–water partition coefficient (Wildman–Crippen LogP) is -0.254. The summed E-state index contributed by atoms with van der Waals surface area (Å²) in [5, 5.41) is 12.0. The van der Waals surface area contributed by atoms with Gasteiger partial charge in [0.05, 0.1) is 6.20 Å². The first kappa shape index (κ1) is 12.3. The Hall–Kier alpha value is -2.77. The first-order valence-corrected chi connectivity index (χ1v) is 5.97. The lowest BCUT2D eigenvalue weighted by molar-refractivity contribution is 0.0964. The molecule has 20 heavy (non-hydrogen) atoms. The molecule has 0 amide bonds. The molecule has 0 aliphatic carbocycles. The maximum atomic E-state index is 12.2. The van der Waals surface area contributed by atoms with Crippen LogP contribution in [-0.2, 0) is 20.6 Å². The lowest BCUT2D eigenvalue weighted by Crippen LogP contribution is -2.27. The zero-order valence-electron chi connectivity index (χ0n) is 11.0. The smallest absolute Gasteiger partial charge is 0.281 e. The van der Waals surface area contributed by atoms with Crippen LogP contribution in [0.15, 0.2) is 29.5 Å². The van der Waals surface area contributed by atoms with Crippen molar-refractivity contribution in [1.82, 2.24) is 29.3 Å². The molecule has 0 atom stereocenters. The SMILES string of the molecule is Cn1ccc(C(=O)Cn2nnc3c(cnn3C)c2=O)c1. The van der Waals surface area contributed by atoms with Gasteiger partial charge in [0, 0.05) is 32.1 Å². The van der Waals surface area contributed by atoms with E-state index in [1.807, 2.05) is 7.05 Å². The summed E-state index contributed by atoms with van der Waals surface area (Å²) in [6, 6.07) is 1.70.